The highest BCUT2D eigenvalue weighted by Gasteiger charge is 2.16. The van der Waals surface area contributed by atoms with Crippen LogP contribution in [0.5, 0.6) is 5.75 Å². The molecule has 0 atom stereocenters. The third-order valence-electron chi connectivity index (χ3n) is 2.74. The molecule has 0 fully saturated rings. The first-order valence-electron chi connectivity index (χ1n) is 5.88. The van der Waals surface area contributed by atoms with Gasteiger partial charge in [0.15, 0.2) is 0 Å². The maximum absolute atomic E-state index is 11.3. The number of aryl methyl sites for hydroxylation is 1. The Morgan fingerprint density at radius 3 is 2.45 bits per heavy atom. The zero-order valence-electron chi connectivity index (χ0n) is 10.7. The molecule has 0 heterocycles. The van der Waals surface area contributed by atoms with Gasteiger partial charge in [-0.25, -0.2) is 4.79 Å². The van der Waals surface area contributed by atoms with Gasteiger partial charge in [-0.3, -0.25) is 0 Å². The van der Waals surface area contributed by atoms with Gasteiger partial charge in [-0.15, -0.1) is 0 Å². The Bertz CT molecular complexity index is 636. The van der Waals surface area contributed by atoms with Gasteiger partial charge in [-0.2, -0.15) is 0 Å². The summed E-state index contributed by atoms with van der Waals surface area (Å²) in [5.41, 5.74) is 2.28. The van der Waals surface area contributed by atoms with E-state index in [1.165, 1.54) is 11.6 Å². The molecule has 0 radical (unpaired) electrons. The van der Waals surface area contributed by atoms with E-state index in [2.05, 4.69) is 31.9 Å². The lowest BCUT2D eigenvalue weighted by molar-refractivity contribution is 0.0691. The maximum Gasteiger partial charge on any atom is 0.339 e. The number of rotatable bonds is 4. The molecule has 0 aliphatic rings. The van der Waals surface area contributed by atoms with E-state index in [1.807, 2.05) is 31.2 Å². The van der Waals surface area contributed by atoms with Crippen LogP contribution in [0.4, 0.5) is 0 Å². The first kappa shape index (κ1) is 15.1. The molecule has 0 saturated heterocycles. The third kappa shape index (κ3) is 3.61. The molecule has 104 valence electrons. The lowest BCUT2D eigenvalue weighted by Crippen LogP contribution is -2.04. The van der Waals surface area contributed by atoms with Crippen LogP contribution in [0.25, 0.3) is 0 Å². The van der Waals surface area contributed by atoms with E-state index < -0.39 is 5.97 Å². The maximum atomic E-state index is 11.3. The molecule has 0 unspecified atom stereocenters. The van der Waals surface area contributed by atoms with E-state index in [-0.39, 0.29) is 5.56 Å². The Hall–Kier alpha value is -1.33. The molecule has 0 bridgehead atoms. The first-order valence-corrected chi connectivity index (χ1v) is 7.46. The van der Waals surface area contributed by atoms with Gasteiger partial charge in [0.1, 0.15) is 17.9 Å². The van der Waals surface area contributed by atoms with E-state index >= 15 is 0 Å². The Balaban J connectivity index is 2.24. The average molecular weight is 400 g/mol. The highest BCUT2D eigenvalue weighted by Crippen LogP contribution is 2.33. The van der Waals surface area contributed by atoms with E-state index in [0.717, 1.165) is 5.56 Å². The van der Waals surface area contributed by atoms with Crippen LogP contribution in [0.15, 0.2) is 45.3 Å². The summed E-state index contributed by atoms with van der Waals surface area (Å²) in [6.45, 7) is 2.33. The summed E-state index contributed by atoms with van der Waals surface area (Å²) in [4.78, 5) is 11.3. The second kappa shape index (κ2) is 6.41. The van der Waals surface area contributed by atoms with Gasteiger partial charge in [-0.1, -0.05) is 45.8 Å². The third-order valence-corrected chi connectivity index (χ3v) is 3.79. The normalized spacial score (nSPS) is 10.3. The van der Waals surface area contributed by atoms with E-state index in [1.54, 1.807) is 6.07 Å². The van der Waals surface area contributed by atoms with Crippen LogP contribution in [0, 0.1) is 6.92 Å². The van der Waals surface area contributed by atoms with Gasteiger partial charge in [0.05, 0.1) is 4.47 Å². The lowest BCUT2D eigenvalue weighted by atomic mass is 10.1. The molecule has 0 saturated carbocycles. The quantitative estimate of drug-likeness (QED) is 0.803. The van der Waals surface area contributed by atoms with E-state index in [4.69, 9.17) is 4.74 Å². The number of hydrogen-bond acceptors (Lipinski definition) is 2. The number of ether oxygens (including phenoxy) is 1. The highest BCUT2D eigenvalue weighted by molar-refractivity contribution is 9.11. The zero-order chi connectivity index (χ0) is 14.7. The minimum Gasteiger partial charge on any atom is -0.487 e. The van der Waals surface area contributed by atoms with Gasteiger partial charge in [0.25, 0.3) is 0 Å². The topological polar surface area (TPSA) is 46.5 Å². The summed E-state index contributed by atoms with van der Waals surface area (Å²) in [5.74, 6) is -0.688. The smallest absolute Gasteiger partial charge is 0.339 e. The second-order valence-electron chi connectivity index (χ2n) is 4.34. The predicted molar refractivity (Wildman–Crippen MR) is 84.3 cm³/mol. The average Bonchev–Trinajstić information content (AvgIpc) is 2.38. The highest BCUT2D eigenvalue weighted by atomic mass is 79.9. The van der Waals surface area contributed by atoms with Crippen molar-refractivity contribution in [1.29, 1.82) is 0 Å². The Kier molecular flexibility index (Phi) is 4.83. The molecule has 0 spiro atoms. The van der Waals surface area contributed by atoms with Crippen LogP contribution in [0.3, 0.4) is 0 Å². The van der Waals surface area contributed by atoms with Crippen LogP contribution in [-0.2, 0) is 6.61 Å². The fourth-order valence-corrected chi connectivity index (χ4v) is 3.05. The van der Waals surface area contributed by atoms with Gasteiger partial charge < -0.3 is 9.84 Å². The molecular weight excluding hydrogens is 388 g/mol. The molecular formula is C15H12Br2O3. The summed E-state index contributed by atoms with van der Waals surface area (Å²) < 4.78 is 6.95. The minimum atomic E-state index is -1.02. The largest absolute Gasteiger partial charge is 0.487 e. The fourth-order valence-electron chi connectivity index (χ4n) is 1.71. The van der Waals surface area contributed by atoms with Crippen molar-refractivity contribution < 1.29 is 14.6 Å². The summed E-state index contributed by atoms with van der Waals surface area (Å²) in [7, 11) is 0. The number of halogens is 2. The van der Waals surface area contributed by atoms with Crippen LogP contribution >= 0.6 is 31.9 Å². The summed E-state index contributed by atoms with van der Waals surface area (Å²) in [6.07, 6.45) is 0. The van der Waals surface area contributed by atoms with Crippen molar-refractivity contribution in [2.75, 3.05) is 0 Å². The van der Waals surface area contributed by atoms with Crippen molar-refractivity contribution in [3.63, 3.8) is 0 Å². The Labute approximate surface area is 133 Å². The zero-order valence-corrected chi connectivity index (χ0v) is 13.9. The van der Waals surface area contributed by atoms with Gasteiger partial charge in [-0.05, 0) is 40.5 Å². The molecule has 0 aromatic heterocycles. The van der Waals surface area contributed by atoms with Crippen molar-refractivity contribution in [2.45, 2.75) is 13.5 Å². The number of carboxylic acid groups (broad SMARTS) is 1. The van der Waals surface area contributed by atoms with Crippen molar-refractivity contribution in [3.8, 4) is 5.75 Å². The molecule has 2 rings (SSSR count). The number of carboxylic acids is 1. The fraction of sp³-hybridized carbons (Fsp3) is 0.133. The molecule has 0 amide bonds. The first-order chi connectivity index (χ1) is 9.47. The number of benzene rings is 2. The molecule has 2 aromatic carbocycles. The van der Waals surface area contributed by atoms with E-state index in [0.29, 0.717) is 21.3 Å². The Morgan fingerprint density at radius 1 is 1.20 bits per heavy atom. The van der Waals surface area contributed by atoms with Crippen molar-refractivity contribution in [2.24, 2.45) is 0 Å². The van der Waals surface area contributed by atoms with Gasteiger partial charge in [0.2, 0.25) is 0 Å². The standard InChI is InChI=1S/C15H12Br2O3/c1-9-2-4-10(5-3-9)8-20-14-12(15(18)19)6-11(16)7-13(14)17/h2-7H,8H2,1H3,(H,18,19). The van der Waals surface area contributed by atoms with Crippen LogP contribution in [-0.4, -0.2) is 11.1 Å². The summed E-state index contributed by atoms with van der Waals surface area (Å²) in [6, 6.07) is 11.2. The molecule has 20 heavy (non-hydrogen) atoms. The van der Waals surface area contributed by atoms with Crippen LogP contribution in [0.1, 0.15) is 21.5 Å². The van der Waals surface area contributed by atoms with Crippen molar-refractivity contribution in [1.82, 2.24) is 0 Å². The summed E-state index contributed by atoms with van der Waals surface area (Å²) >= 11 is 6.60. The van der Waals surface area contributed by atoms with Crippen molar-refractivity contribution >= 4 is 37.8 Å². The summed E-state index contributed by atoms with van der Waals surface area (Å²) in [5, 5.41) is 9.23. The molecule has 0 aliphatic heterocycles. The minimum absolute atomic E-state index is 0.123. The van der Waals surface area contributed by atoms with Crippen LogP contribution < -0.4 is 4.74 Å². The molecule has 1 N–H and O–H groups in total. The predicted octanol–water partition coefficient (Wildman–Crippen LogP) is 4.80. The SMILES string of the molecule is Cc1ccc(COc2c(Br)cc(Br)cc2C(=O)O)cc1. The van der Waals surface area contributed by atoms with Crippen molar-refractivity contribution in [3.05, 3.63) is 62.0 Å². The molecule has 3 nitrogen and oxygen atoms in total. The second-order valence-corrected chi connectivity index (χ2v) is 6.11. The number of hydrogen-bond donors (Lipinski definition) is 1. The van der Waals surface area contributed by atoms with Gasteiger partial charge >= 0.3 is 5.97 Å². The molecule has 2 aromatic rings. The number of aromatic carboxylic acids is 1. The Morgan fingerprint density at radius 2 is 1.85 bits per heavy atom. The van der Waals surface area contributed by atoms with E-state index in [9.17, 15) is 9.90 Å². The lowest BCUT2D eigenvalue weighted by Gasteiger charge is -2.12. The number of carbonyl (C=O) groups is 1. The molecule has 5 heteroatoms. The monoisotopic (exact) mass is 398 g/mol. The van der Waals surface area contributed by atoms with Gasteiger partial charge in [0, 0.05) is 4.47 Å². The van der Waals surface area contributed by atoms with Crippen LogP contribution in [0.2, 0.25) is 0 Å². The molecule has 0 aliphatic carbocycles.